The Labute approximate surface area is 130 Å². The van der Waals surface area contributed by atoms with E-state index in [2.05, 4.69) is 4.90 Å². The van der Waals surface area contributed by atoms with E-state index in [9.17, 15) is 5.21 Å². The van der Waals surface area contributed by atoms with Crippen LogP contribution in [0, 0.1) is 5.21 Å². The maximum absolute atomic E-state index is 11.0. The highest BCUT2D eigenvalue weighted by atomic mass is 16.8. The third-order valence-electron chi connectivity index (χ3n) is 3.82. The van der Waals surface area contributed by atoms with Crippen LogP contribution in [-0.2, 0) is 9.47 Å². The van der Waals surface area contributed by atoms with Crippen LogP contribution in [0.1, 0.15) is 12.8 Å². The zero-order chi connectivity index (χ0) is 15.9. The number of methoxy groups -OCH3 is 2. The summed E-state index contributed by atoms with van der Waals surface area (Å²) in [7, 11) is 3.14. The lowest BCUT2D eigenvalue weighted by atomic mass is 10.1. The number of anilines is 2. The summed E-state index contributed by atoms with van der Waals surface area (Å²) in [4.78, 5) is 2.22. The summed E-state index contributed by atoms with van der Waals surface area (Å²) < 4.78 is 15.9. The molecule has 124 valence electrons. The van der Waals surface area contributed by atoms with Crippen molar-refractivity contribution in [1.29, 1.82) is 0 Å². The lowest BCUT2D eigenvalue weighted by molar-refractivity contribution is 0.00610. The van der Waals surface area contributed by atoms with Gasteiger partial charge in [0.15, 0.2) is 0 Å². The molecule has 0 aliphatic carbocycles. The highest BCUT2D eigenvalue weighted by Crippen LogP contribution is 2.32. The minimum Gasteiger partial charge on any atom is -0.733 e. The highest BCUT2D eigenvalue weighted by Gasteiger charge is 2.20. The molecule has 1 N–H and O–H groups in total. The van der Waals surface area contributed by atoms with Crippen molar-refractivity contribution >= 4 is 11.4 Å². The van der Waals surface area contributed by atoms with Gasteiger partial charge in [-0.3, -0.25) is 5.21 Å². The second-order valence-electron chi connectivity index (χ2n) is 5.18. The van der Waals surface area contributed by atoms with Crippen LogP contribution in [0.15, 0.2) is 18.2 Å². The number of piperidine rings is 1. The Morgan fingerprint density at radius 3 is 2.59 bits per heavy atom. The number of rotatable bonds is 7. The van der Waals surface area contributed by atoms with Gasteiger partial charge in [0.05, 0.1) is 32.1 Å². The first kappa shape index (κ1) is 16.8. The summed E-state index contributed by atoms with van der Waals surface area (Å²) in [6.07, 6.45) is 2.16. The van der Waals surface area contributed by atoms with E-state index in [-0.39, 0.29) is 17.0 Å². The fraction of sp³-hybridized carbons (Fsp3) is 0.600. The first-order chi connectivity index (χ1) is 10.7. The second-order valence-corrected chi connectivity index (χ2v) is 5.18. The van der Waals surface area contributed by atoms with Gasteiger partial charge in [0.2, 0.25) is 0 Å². The Morgan fingerprint density at radius 1 is 1.27 bits per heavy atom. The van der Waals surface area contributed by atoms with Crippen LogP contribution in [0.5, 0.6) is 5.75 Å². The van der Waals surface area contributed by atoms with E-state index in [1.54, 1.807) is 19.2 Å². The highest BCUT2D eigenvalue weighted by molar-refractivity contribution is 5.65. The van der Waals surface area contributed by atoms with Crippen molar-refractivity contribution in [3.63, 3.8) is 0 Å². The zero-order valence-electron chi connectivity index (χ0n) is 13.0. The monoisotopic (exact) mass is 311 g/mol. The lowest BCUT2D eigenvalue weighted by Gasteiger charge is -2.34. The molecule has 7 heteroatoms. The first-order valence-electron chi connectivity index (χ1n) is 7.35. The number of hydrogen-bond acceptors (Lipinski definition) is 7. The fourth-order valence-corrected chi connectivity index (χ4v) is 2.60. The molecule has 1 aromatic rings. The smallest absolute Gasteiger partial charge is 0.145 e. The molecule has 22 heavy (non-hydrogen) atoms. The third-order valence-corrected chi connectivity index (χ3v) is 3.82. The number of ether oxygens (including phenoxy) is 3. The van der Waals surface area contributed by atoms with Crippen LogP contribution >= 0.6 is 0 Å². The fourth-order valence-electron chi connectivity index (χ4n) is 2.60. The quantitative estimate of drug-likeness (QED) is 0.609. The van der Waals surface area contributed by atoms with Crippen LogP contribution in [0.4, 0.5) is 11.4 Å². The van der Waals surface area contributed by atoms with Gasteiger partial charge in [0, 0.05) is 32.0 Å². The molecule has 1 aliphatic rings. The van der Waals surface area contributed by atoms with E-state index in [1.165, 1.54) is 7.11 Å². The number of nitrogens with zero attached hydrogens (tertiary/aromatic N) is 2. The van der Waals surface area contributed by atoms with E-state index in [0.29, 0.717) is 19.0 Å². The SMILES string of the molecule is COCCOC1CCN(c2ccc(N([O-])O)c(OC)c2)CC1. The lowest BCUT2D eigenvalue weighted by Crippen LogP contribution is -2.37. The molecule has 0 bridgehead atoms. The molecular weight excluding hydrogens is 288 g/mol. The van der Waals surface area contributed by atoms with Crippen molar-refractivity contribution in [2.45, 2.75) is 18.9 Å². The van der Waals surface area contributed by atoms with Crippen molar-refractivity contribution in [3.8, 4) is 5.75 Å². The topological polar surface area (TPSA) is 77.5 Å². The minimum absolute atomic E-state index is 0.101. The van der Waals surface area contributed by atoms with Crippen LogP contribution in [-0.4, -0.2) is 51.8 Å². The van der Waals surface area contributed by atoms with E-state index in [4.69, 9.17) is 19.4 Å². The Balaban J connectivity index is 1.93. The van der Waals surface area contributed by atoms with Gasteiger partial charge in [-0.15, -0.1) is 0 Å². The van der Waals surface area contributed by atoms with Crippen LogP contribution in [0.25, 0.3) is 0 Å². The molecule has 0 unspecified atom stereocenters. The summed E-state index contributed by atoms with van der Waals surface area (Å²) in [5, 5.41) is 19.9. The van der Waals surface area contributed by atoms with Crippen molar-refractivity contribution < 1.29 is 19.4 Å². The standard InChI is InChI=1S/C15H23N2O5/c1-20-9-10-22-13-5-7-16(8-6-13)12-3-4-14(17(18)19)15(11-12)21-2/h3-4,11,13,18H,5-10H2,1-2H3/q-1. The van der Waals surface area contributed by atoms with Gasteiger partial charge in [-0.25, -0.2) is 0 Å². The molecule has 0 aromatic heterocycles. The van der Waals surface area contributed by atoms with Crippen LogP contribution in [0.2, 0.25) is 0 Å². The van der Waals surface area contributed by atoms with Crippen molar-refractivity contribution in [2.24, 2.45) is 0 Å². The molecule has 1 heterocycles. The summed E-state index contributed by atoms with van der Waals surface area (Å²) in [5.41, 5.74) is 1.07. The summed E-state index contributed by atoms with van der Waals surface area (Å²) in [6, 6.07) is 5.13. The van der Waals surface area contributed by atoms with Gasteiger partial charge < -0.3 is 29.5 Å². The molecule has 0 saturated carbocycles. The van der Waals surface area contributed by atoms with E-state index in [0.717, 1.165) is 31.6 Å². The zero-order valence-corrected chi connectivity index (χ0v) is 13.0. The summed E-state index contributed by atoms with van der Waals surface area (Å²) in [5.74, 6) is 0.355. The number of benzene rings is 1. The van der Waals surface area contributed by atoms with Crippen molar-refractivity contribution in [2.75, 3.05) is 50.6 Å². The van der Waals surface area contributed by atoms with Gasteiger partial charge in [0.1, 0.15) is 5.75 Å². The normalized spacial score (nSPS) is 15.9. The van der Waals surface area contributed by atoms with Crippen LogP contribution < -0.4 is 14.9 Å². The van der Waals surface area contributed by atoms with Crippen molar-refractivity contribution in [1.82, 2.24) is 0 Å². The minimum atomic E-state index is -0.182. The molecule has 0 spiro atoms. The third kappa shape index (κ3) is 4.23. The first-order valence-corrected chi connectivity index (χ1v) is 7.35. The van der Waals surface area contributed by atoms with Gasteiger partial charge in [0.25, 0.3) is 0 Å². The predicted octanol–water partition coefficient (Wildman–Crippen LogP) is 2.02. The maximum atomic E-state index is 11.0. The summed E-state index contributed by atoms with van der Waals surface area (Å²) >= 11 is 0. The van der Waals surface area contributed by atoms with E-state index < -0.39 is 0 Å². The molecule has 1 aromatic carbocycles. The molecule has 0 atom stereocenters. The van der Waals surface area contributed by atoms with E-state index in [1.807, 2.05) is 6.07 Å². The Hall–Kier alpha value is -1.54. The molecule has 0 radical (unpaired) electrons. The average molecular weight is 311 g/mol. The Kier molecular flexibility index (Phi) is 6.26. The predicted molar refractivity (Wildman–Crippen MR) is 83.7 cm³/mol. The van der Waals surface area contributed by atoms with Crippen molar-refractivity contribution in [3.05, 3.63) is 23.4 Å². The molecule has 0 amide bonds. The summed E-state index contributed by atoms with van der Waals surface area (Å²) in [6.45, 7) is 2.99. The number of hydrogen-bond donors (Lipinski definition) is 1. The second kappa shape index (κ2) is 8.19. The van der Waals surface area contributed by atoms with Gasteiger partial charge >= 0.3 is 0 Å². The maximum Gasteiger partial charge on any atom is 0.145 e. The average Bonchev–Trinajstić information content (AvgIpc) is 2.55. The Bertz CT molecular complexity index is 461. The molecular formula is C15H23N2O5-. The van der Waals surface area contributed by atoms with Crippen LogP contribution in [0.3, 0.4) is 0 Å². The van der Waals surface area contributed by atoms with E-state index >= 15 is 0 Å². The largest absolute Gasteiger partial charge is 0.733 e. The molecule has 1 saturated heterocycles. The Morgan fingerprint density at radius 2 is 2.00 bits per heavy atom. The molecule has 1 aliphatic heterocycles. The van der Waals surface area contributed by atoms with Gasteiger partial charge in [-0.2, -0.15) is 0 Å². The molecule has 1 fully saturated rings. The van der Waals surface area contributed by atoms with Gasteiger partial charge in [-0.1, -0.05) is 0 Å². The molecule has 2 rings (SSSR count). The molecule has 7 nitrogen and oxygen atoms in total. The van der Waals surface area contributed by atoms with Gasteiger partial charge in [-0.05, 0) is 25.0 Å².